The Kier molecular flexibility index (Phi) is 6.18. The number of halogens is 1. The number of carbonyl (C=O) groups excluding carboxylic acids is 4. The van der Waals surface area contributed by atoms with Crippen LogP contribution in [0.4, 0.5) is 0 Å². The van der Waals surface area contributed by atoms with Gasteiger partial charge in [-0.05, 0) is 18.6 Å². The second-order valence-electron chi connectivity index (χ2n) is 5.98. The SMILES string of the molecule is O=C1CCC(N2C(=O)c3cccc(S(=O)CCOCCBr)c3C2=O)C(=O)N1. The van der Waals surface area contributed by atoms with Crippen molar-refractivity contribution in [3.05, 3.63) is 29.3 Å². The van der Waals surface area contributed by atoms with E-state index in [-0.39, 0.29) is 41.2 Å². The lowest BCUT2D eigenvalue weighted by atomic mass is 10.0. The van der Waals surface area contributed by atoms with E-state index in [0.29, 0.717) is 11.9 Å². The van der Waals surface area contributed by atoms with Crippen LogP contribution in [0.25, 0.3) is 0 Å². The number of hydrogen-bond donors (Lipinski definition) is 1. The minimum absolute atomic E-state index is 0.0491. The number of imide groups is 2. The molecule has 3 rings (SSSR count). The summed E-state index contributed by atoms with van der Waals surface area (Å²) in [7, 11) is -1.53. The van der Waals surface area contributed by atoms with E-state index in [4.69, 9.17) is 4.74 Å². The van der Waals surface area contributed by atoms with Gasteiger partial charge in [0.15, 0.2) is 0 Å². The van der Waals surface area contributed by atoms with Crippen LogP contribution in [0.1, 0.15) is 33.6 Å². The largest absolute Gasteiger partial charge is 0.380 e. The van der Waals surface area contributed by atoms with Gasteiger partial charge in [-0.25, -0.2) is 0 Å². The number of amides is 4. The van der Waals surface area contributed by atoms with E-state index in [9.17, 15) is 23.4 Å². The van der Waals surface area contributed by atoms with E-state index < -0.39 is 40.5 Å². The van der Waals surface area contributed by atoms with Crippen LogP contribution in [0.3, 0.4) is 0 Å². The van der Waals surface area contributed by atoms with Gasteiger partial charge in [0.2, 0.25) is 11.8 Å². The Morgan fingerprint density at radius 3 is 2.67 bits per heavy atom. The Morgan fingerprint density at radius 2 is 1.96 bits per heavy atom. The van der Waals surface area contributed by atoms with Crippen molar-refractivity contribution in [2.45, 2.75) is 23.8 Å². The Bertz CT molecular complexity index is 843. The third-order valence-corrected chi connectivity index (χ3v) is 6.00. The third-order valence-electron chi connectivity index (χ3n) is 4.31. The molecular formula is C17H17BrN2O6S. The Morgan fingerprint density at radius 1 is 1.19 bits per heavy atom. The first kappa shape index (κ1) is 19.8. The fourth-order valence-corrected chi connectivity index (χ4v) is 4.45. The highest BCUT2D eigenvalue weighted by Gasteiger charge is 2.45. The zero-order chi connectivity index (χ0) is 19.6. The van der Waals surface area contributed by atoms with Gasteiger partial charge in [-0.3, -0.25) is 33.6 Å². The molecule has 1 aromatic rings. The molecule has 0 saturated carbocycles. The van der Waals surface area contributed by atoms with Crippen LogP contribution in [-0.4, -0.2) is 63.1 Å². The molecule has 2 aliphatic heterocycles. The maximum absolute atomic E-state index is 12.9. The minimum atomic E-state index is -1.53. The van der Waals surface area contributed by atoms with E-state index >= 15 is 0 Å². The summed E-state index contributed by atoms with van der Waals surface area (Å²) in [6, 6.07) is 3.53. The summed E-state index contributed by atoms with van der Waals surface area (Å²) >= 11 is 3.23. The van der Waals surface area contributed by atoms with E-state index in [1.807, 2.05) is 0 Å². The van der Waals surface area contributed by atoms with Gasteiger partial charge >= 0.3 is 0 Å². The van der Waals surface area contributed by atoms with E-state index in [1.165, 1.54) is 6.07 Å². The molecule has 27 heavy (non-hydrogen) atoms. The molecule has 1 N–H and O–H groups in total. The average molecular weight is 457 g/mol. The molecule has 2 unspecified atom stereocenters. The summed E-state index contributed by atoms with van der Waals surface area (Å²) in [4.78, 5) is 50.2. The lowest BCUT2D eigenvalue weighted by molar-refractivity contribution is -0.136. The molecule has 2 atom stereocenters. The van der Waals surface area contributed by atoms with Crippen molar-refractivity contribution in [3.8, 4) is 0 Å². The van der Waals surface area contributed by atoms with E-state index in [2.05, 4.69) is 21.2 Å². The Balaban J connectivity index is 1.85. The molecule has 0 aliphatic carbocycles. The number of piperidine rings is 1. The van der Waals surface area contributed by atoms with Crippen molar-refractivity contribution in [2.24, 2.45) is 0 Å². The van der Waals surface area contributed by atoms with Gasteiger partial charge in [-0.15, -0.1) is 0 Å². The topological polar surface area (TPSA) is 110 Å². The number of rotatable bonds is 7. The fraction of sp³-hybridized carbons (Fsp3) is 0.412. The normalized spacial score (nSPS) is 20.6. The van der Waals surface area contributed by atoms with Gasteiger partial charge < -0.3 is 4.74 Å². The van der Waals surface area contributed by atoms with E-state index in [0.717, 1.165) is 4.90 Å². The van der Waals surface area contributed by atoms with Crippen LogP contribution in [0.2, 0.25) is 0 Å². The van der Waals surface area contributed by atoms with Crippen molar-refractivity contribution in [1.82, 2.24) is 10.2 Å². The number of nitrogens with one attached hydrogen (secondary N) is 1. The first-order valence-electron chi connectivity index (χ1n) is 8.32. The van der Waals surface area contributed by atoms with Crippen molar-refractivity contribution < 1.29 is 28.1 Å². The number of nitrogens with zero attached hydrogens (tertiary/aromatic N) is 1. The van der Waals surface area contributed by atoms with Gasteiger partial charge in [0.05, 0.1) is 45.8 Å². The summed E-state index contributed by atoms with van der Waals surface area (Å²) in [5.74, 6) is -2.19. The standard InChI is InChI=1S/C17H17BrN2O6S/c18-6-7-26-8-9-27(25)12-3-1-2-10-14(12)17(24)20(16(10)23)11-4-5-13(21)19-15(11)22/h1-3,11H,4-9H2,(H,19,21,22). The fourth-order valence-electron chi connectivity index (χ4n) is 3.07. The van der Waals surface area contributed by atoms with Crippen molar-refractivity contribution in [2.75, 3.05) is 24.3 Å². The summed E-state index contributed by atoms with van der Waals surface area (Å²) in [5, 5.41) is 2.81. The molecule has 4 amide bonds. The summed E-state index contributed by atoms with van der Waals surface area (Å²) in [6.45, 7) is 0.728. The van der Waals surface area contributed by atoms with E-state index in [1.54, 1.807) is 12.1 Å². The minimum Gasteiger partial charge on any atom is -0.380 e. The number of hydrogen-bond acceptors (Lipinski definition) is 6. The van der Waals surface area contributed by atoms with Gasteiger partial charge in [-0.2, -0.15) is 0 Å². The molecule has 0 spiro atoms. The second kappa shape index (κ2) is 8.41. The lowest BCUT2D eigenvalue weighted by Crippen LogP contribution is -2.54. The molecule has 1 aromatic carbocycles. The van der Waals surface area contributed by atoms with Crippen LogP contribution in [-0.2, 0) is 25.1 Å². The predicted octanol–water partition coefficient (Wildman–Crippen LogP) is 0.607. The molecule has 10 heteroatoms. The quantitative estimate of drug-likeness (QED) is 0.365. The highest BCUT2D eigenvalue weighted by molar-refractivity contribution is 9.09. The first-order valence-corrected chi connectivity index (χ1v) is 10.8. The van der Waals surface area contributed by atoms with Crippen LogP contribution in [0.15, 0.2) is 23.1 Å². The van der Waals surface area contributed by atoms with Gasteiger partial charge in [-0.1, -0.05) is 22.0 Å². The first-order chi connectivity index (χ1) is 13.0. The van der Waals surface area contributed by atoms with Gasteiger partial charge in [0.1, 0.15) is 6.04 Å². The molecule has 0 radical (unpaired) electrons. The molecule has 0 bridgehead atoms. The maximum Gasteiger partial charge on any atom is 0.263 e. The molecule has 2 heterocycles. The molecule has 0 aromatic heterocycles. The smallest absolute Gasteiger partial charge is 0.263 e. The highest BCUT2D eigenvalue weighted by Crippen LogP contribution is 2.31. The summed E-state index contributed by atoms with van der Waals surface area (Å²) in [5.41, 5.74) is 0.183. The number of carbonyl (C=O) groups is 4. The highest BCUT2D eigenvalue weighted by atomic mass is 79.9. The number of alkyl halides is 1. The van der Waals surface area contributed by atoms with Crippen LogP contribution in [0, 0.1) is 0 Å². The number of fused-ring (bicyclic) bond motifs is 1. The number of ether oxygens (including phenoxy) is 1. The lowest BCUT2D eigenvalue weighted by Gasteiger charge is -2.27. The van der Waals surface area contributed by atoms with Crippen molar-refractivity contribution >= 4 is 50.4 Å². The molecule has 144 valence electrons. The molecule has 2 aliphatic rings. The second-order valence-corrected chi connectivity index (χ2v) is 8.31. The molecule has 8 nitrogen and oxygen atoms in total. The number of benzene rings is 1. The van der Waals surface area contributed by atoms with Gasteiger partial charge in [0, 0.05) is 11.8 Å². The summed E-state index contributed by atoms with van der Waals surface area (Å²) < 4.78 is 17.9. The predicted molar refractivity (Wildman–Crippen MR) is 99.0 cm³/mol. The van der Waals surface area contributed by atoms with Crippen LogP contribution >= 0.6 is 15.9 Å². The zero-order valence-electron chi connectivity index (χ0n) is 14.2. The zero-order valence-corrected chi connectivity index (χ0v) is 16.6. The van der Waals surface area contributed by atoms with Crippen molar-refractivity contribution in [1.29, 1.82) is 0 Å². The summed E-state index contributed by atoms with van der Waals surface area (Å²) in [6.07, 6.45) is 0.127. The molecule has 1 fully saturated rings. The Labute approximate surface area is 166 Å². The van der Waals surface area contributed by atoms with Crippen molar-refractivity contribution in [3.63, 3.8) is 0 Å². The Hall–Kier alpha value is -1.91. The maximum atomic E-state index is 12.9. The van der Waals surface area contributed by atoms with Gasteiger partial charge in [0.25, 0.3) is 11.8 Å². The monoisotopic (exact) mass is 456 g/mol. The third kappa shape index (κ3) is 3.87. The molecular weight excluding hydrogens is 440 g/mol. The van der Waals surface area contributed by atoms with Crippen LogP contribution in [0.5, 0.6) is 0 Å². The average Bonchev–Trinajstić information content (AvgIpc) is 2.90. The molecule has 1 saturated heterocycles. The van der Waals surface area contributed by atoms with Crippen LogP contribution < -0.4 is 5.32 Å².